The summed E-state index contributed by atoms with van der Waals surface area (Å²) in [6.07, 6.45) is 1.24. The van der Waals surface area contributed by atoms with E-state index in [4.69, 9.17) is 10.5 Å². The number of carbonyl (C=O) groups excluding carboxylic acids is 2. The first-order valence-electron chi connectivity index (χ1n) is 13.1. The minimum Gasteiger partial charge on any atom is -0.444 e. The Kier molecular flexibility index (Phi) is 10.6. The molecule has 0 radical (unpaired) electrons. The summed E-state index contributed by atoms with van der Waals surface area (Å²) in [6, 6.07) is 15.7. The van der Waals surface area contributed by atoms with Gasteiger partial charge in [0.2, 0.25) is 0 Å². The number of hydrogen-bond acceptors (Lipinski definition) is 4. The number of ether oxygens (including phenoxy) is 1. The Balaban J connectivity index is 0.00000222. The van der Waals surface area contributed by atoms with Crippen LogP contribution in [0.3, 0.4) is 0 Å². The van der Waals surface area contributed by atoms with Gasteiger partial charge in [-0.15, -0.1) is 0 Å². The molecule has 0 spiro atoms. The summed E-state index contributed by atoms with van der Waals surface area (Å²) in [5.41, 5.74) is 11.5. The molecule has 1 aliphatic rings. The number of benzene rings is 2. The first-order chi connectivity index (χ1) is 17.1. The van der Waals surface area contributed by atoms with E-state index in [2.05, 4.69) is 6.07 Å². The maximum Gasteiger partial charge on any atom is 0.410 e. The van der Waals surface area contributed by atoms with Gasteiger partial charge < -0.3 is 20.3 Å². The number of carbonyl (C=O) groups is 2. The Morgan fingerprint density at radius 1 is 0.917 bits per heavy atom. The van der Waals surface area contributed by atoms with Crippen LogP contribution in [0.2, 0.25) is 0 Å². The van der Waals surface area contributed by atoms with Crippen LogP contribution in [0.15, 0.2) is 54.1 Å². The lowest BCUT2D eigenvalue weighted by Gasteiger charge is -2.32. The second kappa shape index (κ2) is 13.1. The Morgan fingerprint density at radius 3 is 1.97 bits per heavy atom. The van der Waals surface area contributed by atoms with Crippen molar-refractivity contribution in [3.8, 4) is 0 Å². The Hall–Kier alpha value is -3.28. The van der Waals surface area contributed by atoms with Crippen LogP contribution in [0.4, 0.5) is 10.5 Å². The molecule has 0 aromatic heterocycles. The number of rotatable bonds is 5. The number of nitrogens with two attached hydrogens (primary N) is 1. The summed E-state index contributed by atoms with van der Waals surface area (Å²) in [5, 5.41) is 0. The molecule has 1 saturated heterocycles. The van der Waals surface area contributed by atoms with Gasteiger partial charge in [-0.1, -0.05) is 43.7 Å². The van der Waals surface area contributed by atoms with Gasteiger partial charge in [-0.2, -0.15) is 0 Å². The van der Waals surface area contributed by atoms with Crippen molar-refractivity contribution >= 4 is 23.3 Å². The summed E-state index contributed by atoms with van der Waals surface area (Å²) in [4.78, 5) is 28.9. The molecule has 0 saturated carbocycles. The molecule has 2 aromatic carbocycles. The van der Waals surface area contributed by atoms with E-state index in [1.807, 2.05) is 95.8 Å². The highest BCUT2D eigenvalue weighted by atomic mass is 16.6. The van der Waals surface area contributed by atoms with Crippen molar-refractivity contribution < 1.29 is 14.3 Å². The van der Waals surface area contributed by atoms with Gasteiger partial charge in [0.15, 0.2) is 0 Å². The van der Waals surface area contributed by atoms with Gasteiger partial charge in [-0.05, 0) is 88.4 Å². The summed E-state index contributed by atoms with van der Waals surface area (Å²) in [6.45, 7) is 16.2. The lowest BCUT2D eigenvalue weighted by atomic mass is 9.88. The third-order valence-electron chi connectivity index (χ3n) is 6.02. The van der Waals surface area contributed by atoms with Crippen LogP contribution < -0.4 is 5.73 Å². The molecule has 0 atom stereocenters. The fourth-order valence-electron chi connectivity index (χ4n) is 4.28. The molecule has 1 heterocycles. The van der Waals surface area contributed by atoms with Crippen molar-refractivity contribution in [2.45, 2.75) is 66.9 Å². The van der Waals surface area contributed by atoms with Gasteiger partial charge in [0, 0.05) is 37.4 Å². The van der Waals surface area contributed by atoms with Gasteiger partial charge in [0.1, 0.15) is 5.60 Å². The highest BCUT2D eigenvalue weighted by molar-refractivity contribution is 5.95. The number of nitrogens with zero attached hydrogens (tertiary/aromatic N) is 2. The molecule has 0 bridgehead atoms. The summed E-state index contributed by atoms with van der Waals surface area (Å²) in [5.74, 6) is 0.0420. The van der Waals surface area contributed by atoms with E-state index in [9.17, 15) is 9.59 Å². The zero-order valence-corrected chi connectivity index (χ0v) is 23.1. The molecule has 36 heavy (non-hydrogen) atoms. The Labute approximate surface area is 217 Å². The highest BCUT2D eigenvalue weighted by Gasteiger charge is 2.26. The molecule has 6 nitrogen and oxygen atoms in total. The number of amides is 2. The summed E-state index contributed by atoms with van der Waals surface area (Å²) < 4.78 is 5.55. The third-order valence-corrected chi connectivity index (χ3v) is 6.02. The lowest BCUT2D eigenvalue weighted by Crippen LogP contribution is -2.40. The molecule has 3 rings (SSSR count). The van der Waals surface area contributed by atoms with Crippen LogP contribution >= 0.6 is 0 Å². The lowest BCUT2D eigenvalue weighted by molar-refractivity contribution is 0.0236. The second-order valence-corrected chi connectivity index (χ2v) is 9.63. The van der Waals surface area contributed by atoms with Crippen molar-refractivity contribution in [3.05, 3.63) is 70.8 Å². The fourth-order valence-corrected chi connectivity index (χ4v) is 4.28. The Morgan fingerprint density at radius 2 is 1.47 bits per heavy atom. The number of piperidine rings is 1. The van der Waals surface area contributed by atoms with Crippen LogP contribution in [0.25, 0.3) is 5.57 Å². The predicted molar refractivity (Wildman–Crippen MR) is 149 cm³/mol. The van der Waals surface area contributed by atoms with Crippen LogP contribution in [-0.4, -0.2) is 53.6 Å². The van der Waals surface area contributed by atoms with Gasteiger partial charge in [0.05, 0.1) is 0 Å². The van der Waals surface area contributed by atoms with Crippen molar-refractivity contribution in [2.75, 3.05) is 31.9 Å². The molecule has 6 heteroatoms. The first kappa shape index (κ1) is 29.0. The zero-order chi connectivity index (χ0) is 26.9. The standard InChI is InChI=1S/C28H37N3O3.C2H6/c1-6-30(7-2)26(32)22-13-11-20(12-14-22)25(23-9-8-10-24(29)19-23)21-15-17-31(18-16-21)27(33)34-28(3,4)5;1-2/h8-14,19H,6-7,15-18,29H2,1-5H3;1-2H3. The molecule has 1 aliphatic heterocycles. The number of hydrogen-bond donors (Lipinski definition) is 1. The van der Waals surface area contributed by atoms with Crippen molar-refractivity contribution in [1.82, 2.24) is 9.80 Å². The third kappa shape index (κ3) is 7.61. The normalized spacial score (nSPS) is 13.4. The Bertz CT molecular complexity index is 1040. The molecule has 2 aromatic rings. The zero-order valence-electron chi connectivity index (χ0n) is 23.1. The van der Waals surface area contributed by atoms with E-state index in [-0.39, 0.29) is 12.0 Å². The van der Waals surface area contributed by atoms with Crippen molar-refractivity contribution in [2.24, 2.45) is 0 Å². The second-order valence-electron chi connectivity index (χ2n) is 9.63. The van der Waals surface area contributed by atoms with Crippen molar-refractivity contribution in [3.63, 3.8) is 0 Å². The molecule has 2 amide bonds. The highest BCUT2D eigenvalue weighted by Crippen LogP contribution is 2.33. The van der Waals surface area contributed by atoms with Crippen LogP contribution in [0.1, 0.15) is 82.8 Å². The van der Waals surface area contributed by atoms with Gasteiger partial charge in [-0.3, -0.25) is 4.79 Å². The molecule has 0 aliphatic carbocycles. The minimum atomic E-state index is -0.510. The average molecular weight is 494 g/mol. The van der Waals surface area contributed by atoms with Crippen molar-refractivity contribution in [1.29, 1.82) is 0 Å². The molecule has 2 N–H and O–H groups in total. The fraction of sp³-hybridized carbons (Fsp3) is 0.467. The first-order valence-corrected chi connectivity index (χ1v) is 13.1. The molecule has 1 fully saturated rings. The maximum atomic E-state index is 12.8. The van der Waals surface area contributed by atoms with E-state index >= 15 is 0 Å². The SMILES string of the molecule is CC.CCN(CC)C(=O)c1ccc(C(=C2CCN(C(=O)OC(C)(C)C)CC2)c2cccc(N)c2)cc1. The van der Waals surface area contributed by atoms with Gasteiger partial charge in [0.25, 0.3) is 5.91 Å². The monoisotopic (exact) mass is 493 g/mol. The van der Waals surface area contributed by atoms with Crippen LogP contribution in [-0.2, 0) is 4.74 Å². The minimum absolute atomic E-state index is 0.0420. The largest absolute Gasteiger partial charge is 0.444 e. The van der Waals surface area contributed by atoms with Crippen LogP contribution in [0, 0.1) is 0 Å². The van der Waals surface area contributed by atoms with E-state index in [1.54, 1.807) is 4.90 Å². The number of anilines is 1. The molecule has 0 unspecified atom stereocenters. The topological polar surface area (TPSA) is 75.9 Å². The molecular formula is C30H43N3O3. The predicted octanol–water partition coefficient (Wildman–Crippen LogP) is 6.61. The average Bonchev–Trinajstić information content (AvgIpc) is 2.86. The van der Waals surface area contributed by atoms with Crippen LogP contribution in [0.5, 0.6) is 0 Å². The van der Waals surface area contributed by atoms with Gasteiger partial charge in [-0.25, -0.2) is 4.79 Å². The quantitative estimate of drug-likeness (QED) is 0.476. The van der Waals surface area contributed by atoms with E-state index in [0.29, 0.717) is 37.4 Å². The molecular weight excluding hydrogens is 450 g/mol. The molecule has 196 valence electrons. The summed E-state index contributed by atoms with van der Waals surface area (Å²) in [7, 11) is 0. The van der Waals surface area contributed by atoms with Gasteiger partial charge >= 0.3 is 6.09 Å². The smallest absolute Gasteiger partial charge is 0.410 e. The number of likely N-dealkylation sites (tertiary alicyclic amines) is 1. The summed E-state index contributed by atoms with van der Waals surface area (Å²) >= 11 is 0. The van der Waals surface area contributed by atoms with E-state index in [1.165, 1.54) is 5.57 Å². The van der Waals surface area contributed by atoms with E-state index in [0.717, 1.165) is 29.5 Å². The maximum absolute atomic E-state index is 12.8. The number of nitrogen functional groups attached to an aromatic ring is 1. The van der Waals surface area contributed by atoms with E-state index < -0.39 is 5.60 Å².